The monoisotopic (exact) mass is 281 g/mol. The van der Waals surface area contributed by atoms with E-state index in [2.05, 4.69) is 6.58 Å². The highest BCUT2D eigenvalue weighted by Gasteiger charge is 2.06. The second-order valence-corrected chi connectivity index (χ2v) is 4.99. The second kappa shape index (κ2) is 14.1. The van der Waals surface area contributed by atoms with E-state index in [1.54, 1.807) is 6.07 Å². The zero-order valence-electron chi connectivity index (χ0n) is 12.4. The van der Waals surface area contributed by atoms with E-state index in [1.807, 2.05) is 0 Å². The topological polar surface area (TPSA) is 70.3 Å². The molecule has 114 valence electrons. The number of carbonyl (C=O) groups excluding carboxylic acids is 1. The van der Waals surface area contributed by atoms with Gasteiger partial charge >= 0.3 is 5.97 Å². The van der Waals surface area contributed by atoms with Crippen molar-refractivity contribution in [3.63, 3.8) is 0 Å². The molecule has 4 heteroatoms. The lowest BCUT2D eigenvalue weighted by atomic mass is 10.1. The van der Waals surface area contributed by atoms with E-state index in [1.165, 1.54) is 32.1 Å². The maximum absolute atomic E-state index is 11.1. The Morgan fingerprint density at radius 1 is 0.950 bits per heavy atom. The highest BCUT2D eigenvalue weighted by molar-refractivity contribution is 5.91. The Balaban J connectivity index is 3.16. The molecule has 20 heavy (non-hydrogen) atoms. The Kier molecular flexibility index (Phi) is 13.1. The number of ether oxygens (including phenoxy) is 1. The lowest BCUT2D eigenvalue weighted by Crippen LogP contribution is -2.06. The van der Waals surface area contributed by atoms with Gasteiger partial charge in [-0.3, -0.25) is 0 Å². The normalized spacial score (nSPS) is 10.0. The fourth-order valence-corrected chi connectivity index (χ4v) is 1.93. The van der Waals surface area contributed by atoms with Crippen molar-refractivity contribution in [2.24, 2.45) is 0 Å². The van der Waals surface area contributed by atoms with E-state index in [9.17, 15) is 4.79 Å². The molecule has 0 aromatic carbocycles. The fraction of sp³-hybridized carbons (Fsp3) is 0.750. The van der Waals surface area contributed by atoms with Crippen LogP contribution in [0.4, 0.5) is 0 Å². The van der Waals surface area contributed by atoms with Gasteiger partial charge in [-0.25, -0.2) is 4.79 Å². The summed E-state index contributed by atoms with van der Waals surface area (Å²) in [5, 5.41) is 17.1. The first-order valence-corrected chi connectivity index (χ1v) is 7.59. The van der Waals surface area contributed by atoms with E-state index in [-0.39, 0.29) is 5.57 Å². The molecule has 0 spiro atoms. The quantitative estimate of drug-likeness (QED) is 0.243. The van der Waals surface area contributed by atoms with Gasteiger partial charge in [0, 0.05) is 6.61 Å². The Morgan fingerprint density at radius 2 is 1.40 bits per heavy atom. The predicted octanol–water partition coefficient (Wildman–Crippen LogP) is 3.50. The van der Waals surface area contributed by atoms with Gasteiger partial charge in [0.05, 0.1) is 6.61 Å². The van der Waals surface area contributed by atoms with Gasteiger partial charge in [0.15, 0.2) is 0 Å². The SMILES string of the molecule is C=C(C#N)C(=O)OCCCCCCCCCCCCO. The standard InChI is InChI=1S/C16H27NO3/c1-15(14-17)16(19)20-13-11-9-7-5-3-2-4-6-8-10-12-18/h18H,1-13H2. The Labute approximate surface area is 122 Å². The molecule has 4 nitrogen and oxygen atoms in total. The Morgan fingerprint density at radius 3 is 1.85 bits per heavy atom. The number of carbonyl (C=O) groups is 1. The van der Waals surface area contributed by atoms with Crippen LogP contribution in [0.25, 0.3) is 0 Å². The van der Waals surface area contributed by atoms with Crippen LogP contribution in [0.1, 0.15) is 64.2 Å². The number of aliphatic hydroxyl groups excluding tert-OH is 1. The molecule has 0 aliphatic carbocycles. The predicted molar refractivity (Wildman–Crippen MR) is 79.0 cm³/mol. The first-order chi connectivity index (χ1) is 9.72. The number of hydrogen-bond acceptors (Lipinski definition) is 4. The summed E-state index contributed by atoms with van der Waals surface area (Å²) in [6.45, 7) is 3.99. The zero-order chi connectivity index (χ0) is 15.1. The zero-order valence-corrected chi connectivity index (χ0v) is 12.4. The van der Waals surface area contributed by atoms with Crippen molar-refractivity contribution in [3.8, 4) is 6.07 Å². The third-order valence-corrected chi connectivity index (χ3v) is 3.17. The maximum atomic E-state index is 11.1. The van der Waals surface area contributed by atoms with Crippen LogP contribution in [0.3, 0.4) is 0 Å². The lowest BCUT2D eigenvalue weighted by molar-refractivity contribution is -0.138. The van der Waals surface area contributed by atoms with Crippen molar-refractivity contribution in [1.82, 2.24) is 0 Å². The smallest absolute Gasteiger partial charge is 0.348 e. The number of unbranched alkanes of at least 4 members (excludes halogenated alkanes) is 9. The summed E-state index contributed by atoms with van der Waals surface area (Å²) in [7, 11) is 0. The van der Waals surface area contributed by atoms with Gasteiger partial charge in [0.1, 0.15) is 11.6 Å². The average Bonchev–Trinajstić information content (AvgIpc) is 2.47. The highest BCUT2D eigenvalue weighted by atomic mass is 16.5. The number of nitriles is 1. The van der Waals surface area contributed by atoms with Crippen LogP contribution in [0, 0.1) is 11.3 Å². The highest BCUT2D eigenvalue weighted by Crippen LogP contribution is 2.10. The van der Waals surface area contributed by atoms with Crippen LogP contribution in [-0.2, 0) is 9.53 Å². The summed E-state index contributed by atoms with van der Waals surface area (Å²) in [6.07, 6.45) is 11.3. The molecule has 0 bridgehead atoms. The first kappa shape index (κ1) is 18.7. The third kappa shape index (κ3) is 11.7. The first-order valence-electron chi connectivity index (χ1n) is 7.59. The summed E-state index contributed by atoms with van der Waals surface area (Å²) in [6, 6.07) is 1.68. The molecule has 0 heterocycles. The number of rotatable bonds is 13. The number of hydrogen-bond donors (Lipinski definition) is 1. The molecule has 0 saturated heterocycles. The van der Waals surface area contributed by atoms with Gasteiger partial charge in [0.25, 0.3) is 0 Å². The van der Waals surface area contributed by atoms with Crippen molar-refractivity contribution in [3.05, 3.63) is 12.2 Å². The van der Waals surface area contributed by atoms with Crippen LogP contribution in [0.15, 0.2) is 12.2 Å². The number of esters is 1. The number of nitrogens with zero attached hydrogens (tertiary/aromatic N) is 1. The third-order valence-electron chi connectivity index (χ3n) is 3.17. The fourth-order valence-electron chi connectivity index (χ4n) is 1.93. The lowest BCUT2D eigenvalue weighted by Gasteiger charge is -2.04. The molecule has 0 fully saturated rings. The molecule has 0 atom stereocenters. The van der Waals surface area contributed by atoms with Crippen LogP contribution in [0.5, 0.6) is 0 Å². The number of aliphatic hydroxyl groups is 1. The van der Waals surface area contributed by atoms with Crippen molar-refractivity contribution in [2.75, 3.05) is 13.2 Å². The van der Waals surface area contributed by atoms with E-state index in [4.69, 9.17) is 15.1 Å². The second-order valence-electron chi connectivity index (χ2n) is 4.99. The molecule has 0 aliphatic rings. The summed E-state index contributed by atoms with van der Waals surface area (Å²) in [5.41, 5.74) is -0.133. The molecule has 0 saturated carbocycles. The van der Waals surface area contributed by atoms with Gasteiger partial charge in [0.2, 0.25) is 0 Å². The van der Waals surface area contributed by atoms with Crippen molar-refractivity contribution in [1.29, 1.82) is 5.26 Å². The minimum atomic E-state index is -0.602. The molecule has 0 rings (SSSR count). The van der Waals surface area contributed by atoms with E-state index in [0.717, 1.165) is 32.1 Å². The summed E-state index contributed by atoms with van der Waals surface area (Å²) in [4.78, 5) is 11.1. The van der Waals surface area contributed by atoms with E-state index < -0.39 is 5.97 Å². The molecule has 0 aromatic rings. The largest absolute Gasteiger partial charge is 0.462 e. The summed E-state index contributed by atoms with van der Waals surface area (Å²) < 4.78 is 4.90. The molecular weight excluding hydrogens is 254 g/mol. The van der Waals surface area contributed by atoms with E-state index in [0.29, 0.717) is 13.2 Å². The van der Waals surface area contributed by atoms with Gasteiger partial charge in [-0.15, -0.1) is 0 Å². The van der Waals surface area contributed by atoms with Gasteiger partial charge in [-0.1, -0.05) is 57.9 Å². The minimum Gasteiger partial charge on any atom is -0.462 e. The molecule has 1 N–H and O–H groups in total. The summed E-state index contributed by atoms with van der Waals surface area (Å²) >= 11 is 0. The molecule has 0 radical (unpaired) electrons. The molecule has 0 aromatic heterocycles. The minimum absolute atomic E-state index is 0.133. The van der Waals surface area contributed by atoms with Crippen LogP contribution < -0.4 is 0 Å². The van der Waals surface area contributed by atoms with Crippen LogP contribution in [-0.4, -0.2) is 24.3 Å². The van der Waals surface area contributed by atoms with Crippen molar-refractivity contribution < 1.29 is 14.6 Å². The van der Waals surface area contributed by atoms with Crippen molar-refractivity contribution >= 4 is 5.97 Å². The van der Waals surface area contributed by atoms with Crippen LogP contribution >= 0.6 is 0 Å². The van der Waals surface area contributed by atoms with Gasteiger partial charge in [-0.05, 0) is 12.8 Å². The maximum Gasteiger partial charge on any atom is 0.348 e. The Bertz CT molecular complexity index is 307. The van der Waals surface area contributed by atoms with Gasteiger partial charge < -0.3 is 9.84 Å². The molecule has 0 unspecified atom stereocenters. The average molecular weight is 281 g/mol. The Hall–Kier alpha value is -1.34. The summed E-state index contributed by atoms with van der Waals surface area (Å²) in [5.74, 6) is -0.602. The molecule has 0 amide bonds. The van der Waals surface area contributed by atoms with Crippen LogP contribution in [0.2, 0.25) is 0 Å². The van der Waals surface area contributed by atoms with Crippen molar-refractivity contribution in [2.45, 2.75) is 64.2 Å². The molecular formula is C16H27NO3. The van der Waals surface area contributed by atoms with Gasteiger partial charge in [-0.2, -0.15) is 5.26 Å². The van der Waals surface area contributed by atoms with E-state index >= 15 is 0 Å². The molecule has 0 aliphatic heterocycles.